The fourth-order valence-corrected chi connectivity index (χ4v) is 4.10. The van der Waals surface area contributed by atoms with Crippen LogP contribution in [-0.2, 0) is 5.66 Å². The molecule has 3 aromatic carbocycles. The summed E-state index contributed by atoms with van der Waals surface area (Å²) in [4.78, 5) is 8.68. The number of aryl methyl sites for hydroxylation is 1. The molecule has 0 aliphatic carbocycles. The van der Waals surface area contributed by atoms with Crippen LogP contribution in [0.5, 0.6) is 0 Å². The van der Waals surface area contributed by atoms with Crippen molar-refractivity contribution in [3.8, 4) is 0 Å². The molecule has 0 radical (unpaired) electrons. The summed E-state index contributed by atoms with van der Waals surface area (Å²) in [5.41, 5.74) is 4.39. The van der Waals surface area contributed by atoms with Crippen LogP contribution in [0, 0.1) is 6.92 Å². The van der Waals surface area contributed by atoms with E-state index in [1.165, 1.54) is 0 Å². The second kappa shape index (κ2) is 7.40. The van der Waals surface area contributed by atoms with Crippen LogP contribution < -0.4 is 10.3 Å². The molecule has 0 amide bonds. The maximum atomic E-state index is 6.00. The molecule has 1 atom stereocenters. The van der Waals surface area contributed by atoms with Crippen molar-refractivity contribution in [1.29, 1.82) is 0 Å². The van der Waals surface area contributed by atoms with E-state index < -0.39 is 5.66 Å². The number of benzene rings is 3. The summed E-state index contributed by atoms with van der Waals surface area (Å²) >= 11 is 0. The van der Waals surface area contributed by atoms with E-state index in [-0.39, 0.29) is 0 Å². The Balaban J connectivity index is 1.66. The molecule has 2 heterocycles. The second-order valence-corrected chi connectivity index (χ2v) is 7.88. The normalized spacial score (nSPS) is 18.3. The standard InChI is InChI=1S/C27H23N3O/c1-4-22-18(2)31-24-17-20(15-16-23(22)24)26-28-25(19-11-7-5-8-12-19)29-27(3,30-26)21-13-9-6-10-14-21/h4-17H,1H2,2-3H3,(H,28,29,30)/p+1. The van der Waals surface area contributed by atoms with Gasteiger partial charge in [0, 0.05) is 29.0 Å². The van der Waals surface area contributed by atoms with Gasteiger partial charge in [-0.15, -0.1) is 0 Å². The average molecular weight is 407 g/mol. The van der Waals surface area contributed by atoms with Crippen LogP contribution in [0.4, 0.5) is 0 Å². The molecule has 0 fully saturated rings. The Bertz CT molecular complexity index is 1330. The van der Waals surface area contributed by atoms with Gasteiger partial charge in [0.15, 0.2) is 0 Å². The Kier molecular flexibility index (Phi) is 4.55. The molecule has 5 rings (SSSR count). The van der Waals surface area contributed by atoms with Crippen LogP contribution in [0.2, 0.25) is 0 Å². The van der Waals surface area contributed by atoms with Gasteiger partial charge in [-0.2, -0.15) is 4.99 Å². The van der Waals surface area contributed by atoms with Gasteiger partial charge in [-0.05, 0) is 37.3 Å². The molecule has 4 nitrogen and oxygen atoms in total. The molecule has 0 spiro atoms. The Hall–Kier alpha value is -3.92. The molecule has 152 valence electrons. The average Bonchev–Trinajstić information content (AvgIpc) is 3.14. The van der Waals surface area contributed by atoms with E-state index in [2.05, 4.69) is 66.3 Å². The van der Waals surface area contributed by atoms with Gasteiger partial charge in [-0.3, -0.25) is 0 Å². The van der Waals surface area contributed by atoms with Crippen molar-refractivity contribution in [2.45, 2.75) is 19.5 Å². The number of nitrogens with one attached hydrogen (secondary N) is 2. The summed E-state index contributed by atoms with van der Waals surface area (Å²) in [6.45, 7) is 7.98. The lowest BCUT2D eigenvalue weighted by Gasteiger charge is -2.25. The number of nitrogens with zero attached hydrogens (tertiary/aromatic N) is 1. The van der Waals surface area contributed by atoms with E-state index in [9.17, 15) is 0 Å². The van der Waals surface area contributed by atoms with Crippen molar-refractivity contribution < 1.29 is 9.41 Å². The van der Waals surface area contributed by atoms with Crippen LogP contribution in [0.25, 0.3) is 17.0 Å². The minimum atomic E-state index is -0.618. The predicted molar refractivity (Wildman–Crippen MR) is 126 cm³/mol. The molecule has 1 aromatic heterocycles. The number of aliphatic imine (C=N–C) groups is 1. The SMILES string of the molecule is C=Cc1c(C)oc2cc(C3=[NH+]C(C)(c4ccccc4)N=C(c4ccccc4)N3)ccc12. The lowest BCUT2D eigenvalue weighted by Crippen LogP contribution is -2.88. The van der Waals surface area contributed by atoms with Gasteiger partial charge in [0.25, 0.3) is 5.84 Å². The third kappa shape index (κ3) is 3.36. The van der Waals surface area contributed by atoms with Crippen molar-refractivity contribution in [2.24, 2.45) is 4.99 Å². The molecule has 31 heavy (non-hydrogen) atoms. The Morgan fingerprint density at radius 2 is 1.68 bits per heavy atom. The van der Waals surface area contributed by atoms with Gasteiger partial charge < -0.3 is 4.42 Å². The highest BCUT2D eigenvalue weighted by Gasteiger charge is 2.36. The molecule has 1 unspecified atom stereocenters. The van der Waals surface area contributed by atoms with Gasteiger partial charge in [0.1, 0.15) is 11.3 Å². The number of rotatable bonds is 4. The molecule has 0 saturated heterocycles. The van der Waals surface area contributed by atoms with Crippen LogP contribution in [0.15, 0.2) is 94.9 Å². The molecular weight excluding hydrogens is 382 g/mol. The number of hydrogen-bond acceptors (Lipinski definition) is 3. The first-order chi connectivity index (χ1) is 15.1. The largest absolute Gasteiger partial charge is 0.461 e. The second-order valence-electron chi connectivity index (χ2n) is 7.88. The van der Waals surface area contributed by atoms with Crippen molar-refractivity contribution in [2.75, 3.05) is 0 Å². The Morgan fingerprint density at radius 3 is 2.39 bits per heavy atom. The quantitative estimate of drug-likeness (QED) is 0.535. The van der Waals surface area contributed by atoms with E-state index in [1.807, 2.05) is 49.4 Å². The lowest BCUT2D eigenvalue weighted by molar-refractivity contribution is -0.559. The van der Waals surface area contributed by atoms with Crippen LogP contribution in [0.3, 0.4) is 0 Å². The van der Waals surface area contributed by atoms with Crippen molar-refractivity contribution in [3.63, 3.8) is 0 Å². The van der Waals surface area contributed by atoms with Crippen LogP contribution >= 0.6 is 0 Å². The van der Waals surface area contributed by atoms with Gasteiger partial charge in [-0.25, -0.2) is 10.3 Å². The van der Waals surface area contributed by atoms with E-state index in [0.29, 0.717) is 0 Å². The highest BCUT2D eigenvalue weighted by molar-refractivity contribution is 6.14. The predicted octanol–water partition coefficient (Wildman–Crippen LogP) is 4.13. The van der Waals surface area contributed by atoms with E-state index in [1.54, 1.807) is 0 Å². The van der Waals surface area contributed by atoms with Crippen molar-refractivity contribution in [3.05, 3.63) is 113 Å². The summed E-state index contributed by atoms with van der Waals surface area (Å²) in [6, 6.07) is 26.7. The zero-order chi connectivity index (χ0) is 21.4. The highest BCUT2D eigenvalue weighted by Crippen LogP contribution is 2.27. The molecule has 4 heteroatoms. The van der Waals surface area contributed by atoms with Gasteiger partial charge in [0.2, 0.25) is 11.5 Å². The number of fused-ring (bicyclic) bond motifs is 1. The zero-order valence-corrected chi connectivity index (χ0v) is 17.6. The summed E-state index contributed by atoms with van der Waals surface area (Å²) < 4.78 is 6.00. The van der Waals surface area contributed by atoms with Crippen LogP contribution in [-0.4, -0.2) is 11.7 Å². The van der Waals surface area contributed by atoms with Crippen LogP contribution in [0.1, 0.15) is 34.9 Å². The molecule has 4 aromatic rings. The maximum Gasteiger partial charge on any atom is 0.283 e. The summed E-state index contributed by atoms with van der Waals surface area (Å²) in [6.07, 6.45) is 1.84. The third-order valence-corrected chi connectivity index (χ3v) is 5.74. The first kappa shape index (κ1) is 19.1. The monoisotopic (exact) mass is 406 g/mol. The minimum Gasteiger partial charge on any atom is -0.461 e. The molecule has 0 bridgehead atoms. The summed E-state index contributed by atoms with van der Waals surface area (Å²) in [5.74, 6) is 2.58. The molecule has 1 aliphatic rings. The number of hydrogen-bond donors (Lipinski definition) is 2. The number of furan rings is 1. The molecular formula is C27H24N3O+. The fourth-order valence-electron chi connectivity index (χ4n) is 4.10. The summed E-state index contributed by atoms with van der Waals surface area (Å²) in [5, 5.41) is 4.57. The van der Waals surface area contributed by atoms with Gasteiger partial charge >= 0.3 is 0 Å². The first-order valence-corrected chi connectivity index (χ1v) is 10.4. The molecule has 0 saturated carbocycles. The number of amidine groups is 2. The maximum absolute atomic E-state index is 6.00. The van der Waals surface area contributed by atoms with Crippen molar-refractivity contribution >= 4 is 28.7 Å². The minimum absolute atomic E-state index is 0.618. The zero-order valence-electron chi connectivity index (χ0n) is 17.6. The van der Waals surface area contributed by atoms with Gasteiger partial charge in [0.05, 0.1) is 5.56 Å². The summed E-state index contributed by atoms with van der Waals surface area (Å²) in [7, 11) is 0. The first-order valence-electron chi connectivity index (χ1n) is 10.4. The highest BCUT2D eigenvalue weighted by atomic mass is 16.3. The topological polar surface area (TPSA) is 51.5 Å². The van der Waals surface area contributed by atoms with Crippen molar-refractivity contribution in [1.82, 2.24) is 5.32 Å². The Labute approximate surface area is 181 Å². The molecule has 2 N–H and O–H groups in total. The third-order valence-electron chi connectivity index (χ3n) is 5.74. The fraction of sp³-hybridized carbons (Fsp3) is 0.111. The molecule has 1 aliphatic heterocycles. The van der Waals surface area contributed by atoms with E-state index in [4.69, 9.17) is 9.41 Å². The smallest absolute Gasteiger partial charge is 0.283 e. The van der Waals surface area contributed by atoms with E-state index >= 15 is 0 Å². The van der Waals surface area contributed by atoms with E-state index in [0.717, 1.165) is 50.7 Å². The Morgan fingerprint density at radius 1 is 0.968 bits per heavy atom. The lowest BCUT2D eigenvalue weighted by atomic mass is 10.00. The van der Waals surface area contributed by atoms with Gasteiger partial charge in [-0.1, -0.05) is 61.2 Å².